The van der Waals surface area contributed by atoms with Crippen molar-refractivity contribution in [2.24, 2.45) is 45.3 Å². The fourth-order valence-electron chi connectivity index (χ4n) is 9.53. The maximum absolute atomic E-state index is 10.8. The molecule has 1 heteroatoms. The monoisotopic (exact) mass is 440 g/mol. The second-order valence-electron chi connectivity index (χ2n) is 14.1. The third-order valence-corrected chi connectivity index (χ3v) is 12.2. The van der Waals surface area contributed by atoms with E-state index in [2.05, 4.69) is 62.0 Å². The summed E-state index contributed by atoms with van der Waals surface area (Å²) in [5.41, 5.74) is 6.32. The number of fused-ring (bicyclic) bond motifs is 4. The van der Waals surface area contributed by atoms with Gasteiger partial charge in [-0.15, -0.1) is 0 Å². The minimum atomic E-state index is -0.135. The first-order valence-corrected chi connectivity index (χ1v) is 13.9. The molecule has 0 saturated heterocycles. The molecule has 182 valence electrons. The molecule has 4 aliphatic carbocycles. The highest BCUT2D eigenvalue weighted by molar-refractivity contribution is 5.38. The van der Waals surface area contributed by atoms with Gasteiger partial charge in [0.05, 0.1) is 6.10 Å². The Kier molecular flexibility index (Phi) is 6.14. The predicted molar refractivity (Wildman–Crippen MR) is 137 cm³/mol. The Balaban J connectivity index is 1.62. The summed E-state index contributed by atoms with van der Waals surface area (Å²) < 4.78 is 0. The first-order valence-electron chi connectivity index (χ1n) is 13.9. The molecule has 0 spiro atoms. The summed E-state index contributed by atoms with van der Waals surface area (Å²) in [6, 6.07) is 0. The number of rotatable bonds is 5. The molecule has 1 nitrogen and oxygen atoms in total. The van der Waals surface area contributed by atoms with Gasteiger partial charge in [0.25, 0.3) is 0 Å². The first-order chi connectivity index (χ1) is 14.8. The quantitative estimate of drug-likeness (QED) is 0.424. The molecule has 0 bridgehead atoms. The zero-order chi connectivity index (χ0) is 23.7. The van der Waals surface area contributed by atoms with Gasteiger partial charge in [-0.05, 0) is 110 Å². The van der Waals surface area contributed by atoms with Crippen LogP contribution in [0.2, 0.25) is 0 Å². The lowest BCUT2D eigenvalue weighted by atomic mass is 9.43. The second kappa shape index (κ2) is 8.00. The van der Waals surface area contributed by atoms with Crippen LogP contribution in [0.4, 0.5) is 0 Å². The fourth-order valence-corrected chi connectivity index (χ4v) is 9.53. The minimum absolute atomic E-state index is 0.0404. The second-order valence-corrected chi connectivity index (χ2v) is 14.1. The van der Waals surface area contributed by atoms with E-state index in [9.17, 15) is 5.11 Å². The molecule has 32 heavy (non-hydrogen) atoms. The summed E-state index contributed by atoms with van der Waals surface area (Å²) in [6.07, 6.45) is 12.6. The normalized spacial score (nSPS) is 44.1. The van der Waals surface area contributed by atoms with Crippen LogP contribution in [0.5, 0.6) is 0 Å². The number of hydrogen-bond donors (Lipinski definition) is 1. The zero-order valence-corrected chi connectivity index (χ0v) is 22.6. The molecule has 0 heterocycles. The molecule has 0 aromatic carbocycles. The Labute approximate surface area is 199 Å². The van der Waals surface area contributed by atoms with Gasteiger partial charge in [0.1, 0.15) is 0 Å². The lowest BCUT2D eigenvalue weighted by Crippen LogP contribution is -2.55. The maximum Gasteiger partial charge on any atom is 0.0594 e. The number of hydrogen-bond acceptors (Lipinski definition) is 1. The Hall–Kier alpha value is -0.560. The van der Waals surface area contributed by atoms with Crippen molar-refractivity contribution in [2.45, 2.75) is 126 Å². The van der Waals surface area contributed by atoms with Crippen molar-refractivity contribution in [3.63, 3.8) is 0 Å². The first kappa shape index (κ1) is 24.6. The Morgan fingerprint density at radius 1 is 0.938 bits per heavy atom. The van der Waals surface area contributed by atoms with E-state index in [1.54, 1.807) is 0 Å². The summed E-state index contributed by atoms with van der Waals surface area (Å²) >= 11 is 0. The van der Waals surface area contributed by atoms with E-state index in [0.29, 0.717) is 28.1 Å². The highest BCUT2D eigenvalue weighted by Gasteiger charge is 2.63. The highest BCUT2D eigenvalue weighted by atomic mass is 16.3. The van der Waals surface area contributed by atoms with E-state index in [0.717, 1.165) is 18.3 Å². The van der Waals surface area contributed by atoms with Crippen molar-refractivity contribution >= 4 is 0 Å². The van der Waals surface area contributed by atoms with Gasteiger partial charge < -0.3 is 5.11 Å². The van der Waals surface area contributed by atoms with Crippen LogP contribution in [0.15, 0.2) is 23.3 Å². The summed E-state index contributed by atoms with van der Waals surface area (Å²) in [5, 5.41) is 10.8. The SMILES string of the molecule is C=C(CC[C@H](C)[C@@H]1CC[C@]2(C)C3=C(CC[C@]12C)[C@@]1(C)CC[C@H](O)C(C)(C)[C@H]1CC3)C(C)C. The average Bonchev–Trinajstić information content (AvgIpc) is 3.00. The summed E-state index contributed by atoms with van der Waals surface area (Å²) in [6.45, 7) is 24.1. The highest BCUT2D eigenvalue weighted by Crippen LogP contribution is 2.72. The van der Waals surface area contributed by atoms with Gasteiger partial charge in [0.2, 0.25) is 0 Å². The van der Waals surface area contributed by atoms with E-state index in [-0.39, 0.29) is 11.5 Å². The van der Waals surface area contributed by atoms with E-state index >= 15 is 0 Å². The van der Waals surface area contributed by atoms with Crippen LogP contribution in [0.1, 0.15) is 120 Å². The fraction of sp³-hybridized carbons (Fsp3) is 0.871. The largest absolute Gasteiger partial charge is 0.393 e. The van der Waals surface area contributed by atoms with Crippen molar-refractivity contribution in [3.05, 3.63) is 23.3 Å². The zero-order valence-electron chi connectivity index (χ0n) is 22.6. The van der Waals surface area contributed by atoms with Crippen molar-refractivity contribution in [2.75, 3.05) is 0 Å². The third kappa shape index (κ3) is 3.34. The van der Waals surface area contributed by atoms with E-state index < -0.39 is 0 Å². The molecule has 2 saturated carbocycles. The molecule has 0 amide bonds. The van der Waals surface area contributed by atoms with Crippen LogP contribution in [0.25, 0.3) is 0 Å². The predicted octanol–water partition coefficient (Wildman–Crippen LogP) is 8.73. The molecule has 0 radical (unpaired) electrons. The molecule has 0 aromatic heterocycles. The minimum Gasteiger partial charge on any atom is -0.393 e. The standard InChI is InChI=1S/C31H52O/c1-20(2)21(3)10-11-22(4)23-14-18-31(9)25-12-13-26-28(5,6)27(32)16-17-29(26,7)24(25)15-19-30(23,31)8/h20,22-23,26-27,32H,3,10-19H2,1-2,4-9H3/t22-,23-,26+,27-,29+,30+,31+/m0/s1. The van der Waals surface area contributed by atoms with Crippen molar-refractivity contribution in [1.29, 1.82) is 0 Å². The Bertz CT molecular complexity index is 786. The van der Waals surface area contributed by atoms with Gasteiger partial charge in [-0.1, -0.05) is 78.7 Å². The molecule has 0 unspecified atom stereocenters. The van der Waals surface area contributed by atoms with Crippen LogP contribution < -0.4 is 0 Å². The van der Waals surface area contributed by atoms with Gasteiger partial charge in [0, 0.05) is 0 Å². The molecule has 0 aromatic rings. The van der Waals surface area contributed by atoms with Gasteiger partial charge >= 0.3 is 0 Å². The molecule has 7 atom stereocenters. The Morgan fingerprint density at radius 3 is 2.28 bits per heavy atom. The van der Waals surface area contributed by atoms with Crippen LogP contribution >= 0.6 is 0 Å². The molecular formula is C31H52O. The average molecular weight is 441 g/mol. The number of aliphatic hydroxyl groups is 1. The smallest absolute Gasteiger partial charge is 0.0594 e. The Morgan fingerprint density at radius 2 is 1.62 bits per heavy atom. The van der Waals surface area contributed by atoms with Gasteiger partial charge in [0.15, 0.2) is 0 Å². The van der Waals surface area contributed by atoms with Crippen molar-refractivity contribution in [3.8, 4) is 0 Å². The van der Waals surface area contributed by atoms with Crippen molar-refractivity contribution in [1.82, 2.24) is 0 Å². The molecule has 2 fully saturated rings. The lowest BCUT2D eigenvalue weighted by Gasteiger charge is -2.62. The maximum atomic E-state index is 10.8. The van der Waals surface area contributed by atoms with Crippen LogP contribution in [-0.4, -0.2) is 11.2 Å². The van der Waals surface area contributed by atoms with Gasteiger partial charge in [-0.3, -0.25) is 0 Å². The van der Waals surface area contributed by atoms with Gasteiger partial charge in [-0.25, -0.2) is 0 Å². The molecular weight excluding hydrogens is 388 g/mol. The van der Waals surface area contributed by atoms with Crippen LogP contribution in [0.3, 0.4) is 0 Å². The molecule has 4 aliphatic rings. The van der Waals surface area contributed by atoms with Gasteiger partial charge in [-0.2, -0.15) is 0 Å². The topological polar surface area (TPSA) is 20.2 Å². The summed E-state index contributed by atoms with van der Waals surface area (Å²) in [5.74, 6) is 2.87. The molecule has 4 rings (SSSR count). The summed E-state index contributed by atoms with van der Waals surface area (Å²) in [7, 11) is 0. The van der Waals surface area contributed by atoms with E-state index in [1.165, 1.54) is 63.4 Å². The van der Waals surface area contributed by atoms with Crippen LogP contribution in [-0.2, 0) is 0 Å². The number of aliphatic hydroxyl groups excluding tert-OH is 1. The van der Waals surface area contributed by atoms with Crippen molar-refractivity contribution < 1.29 is 5.11 Å². The molecule has 1 N–H and O–H groups in total. The van der Waals surface area contributed by atoms with Crippen LogP contribution in [0, 0.1) is 45.3 Å². The lowest BCUT2D eigenvalue weighted by molar-refractivity contribution is -0.0962. The summed E-state index contributed by atoms with van der Waals surface area (Å²) in [4.78, 5) is 0. The number of allylic oxidation sites excluding steroid dienone is 3. The van der Waals surface area contributed by atoms with E-state index in [4.69, 9.17) is 0 Å². The molecule has 0 aliphatic heterocycles. The van der Waals surface area contributed by atoms with E-state index in [1.807, 2.05) is 11.1 Å². The third-order valence-electron chi connectivity index (χ3n) is 12.2.